The lowest BCUT2D eigenvalue weighted by molar-refractivity contribution is 0.190. The first-order chi connectivity index (χ1) is 8.16. The lowest BCUT2D eigenvalue weighted by atomic mass is 9.98. The minimum absolute atomic E-state index is 0.699. The van der Waals surface area contributed by atoms with Gasteiger partial charge in [0.1, 0.15) is 0 Å². The first-order valence-corrected chi connectivity index (χ1v) is 6.64. The molecule has 1 atom stereocenters. The zero-order chi connectivity index (χ0) is 12.3. The average molecular weight is 232 g/mol. The topological polar surface area (TPSA) is 15.3 Å². The molecule has 0 saturated carbocycles. The molecule has 1 unspecified atom stereocenters. The van der Waals surface area contributed by atoms with Gasteiger partial charge in [-0.2, -0.15) is 0 Å². The summed E-state index contributed by atoms with van der Waals surface area (Å²) in [4.78, 5) is 2.49. The van der Waals surface area contributed by atoms with Gasteiger partial charge in [0.2, 0.25) is 0 Å². The minimum Gasteiger partial charge on any atom is -0.314 e. The van der Waals surface area contributed by atoms with Crippen LogP contribution in [0.3, 0.4) is 0 Å². The van der Waals surface area contributed by atoms with Crippen molar-refractivity contribution in [2.75, 3.05) is 26.7 Å². The second kappa shape index (κ2) is 5.65. The Morgan fingerprint density at radius 2 is 2.18 bits per heavy atom. The van der Waals surface area contributed by atoms with Crippen molar-refractivity contribution in [1.29, 1.82) is 0 Å². The van der Waals surface area contributed by atoms with Crippen molar-refractivity contribution >= 4 is 0 Å². The maximum absolute atomic E-state index is 3.48. The summed E-state index contributed by atoms with van der Waals surface area (Å²) in [5.41, 5.74) is 4.31. The summed E-state index contributed by atoms with van der Waals surface area (Å²) in [5, 5.41) is 3.48. The molecule has 1 aliphatic heterocycles. The molecule has 1 fully saturated rings. The average Bonchev–Trinajstić information content (AvgIpc) is 2.30. The van der Waals surface area contributed by atoms with Gasteiger partial charge < -0.3 is 10.2 Å². The summed E-state index contributed by atoms with van der Waals surface area (Å²) in [6.45, 7) is 7.84. The van der Waals surface area contributed by atoms with Crippen molar-refractivity contribution in [2.24, 2.45) is 0 Å². The summed E-state index contributed by atoms with van der Waals surface area (Å²) < 4.78 is 0. The van der Waals surface area contributed by atoms with Gasteiger partial charge in [-0.25, -0.2) is 0 Å². The van der Waals surface area contributed by atoms with E-state index in [0.29, 0.717) is 6.04 Å². The minimum atomic E-state index is 0.699. The van der Waals surface area contributed by atoms with Gasteiger partial charge in [-0.1, -0.05) is 23.8 Å². The Morgan fingerprint density at radius 1 is 1.35 bits per heavy atom. The Bertz CT molecular complexity index is 373. The fourth-order valence-corrected chi connectivity index (χ4v) is 2.63. The number of aryl methyl sites for hydroxylation is 3. The van der Waals surface area contributed by atoms with E-state index in [0.717, 1.165) is 13.1 Å². The van der Waals surface area contributed by atoms with Crippen LogP contribution in [0.1, 0.15) is 23.1 Å². The quantitative estimate of drug-likeness (QED) is 0.859. The summed E-state index contributed by atoms with van der Waals surface area (Å²) in [6.07, 6.45) is 2.45. The molecule has 2 nitrogen and oxygen atoms in total. The molecule has 1 aliphatic rings. The van der Waals surface area contributed by atoms with E-state index < -0.39 is 0 Å². The van der Waals surface area contributed by atoms with Crippen LogP contribution in [0.15, 0.2) is 18.2 Å². The fourth-order valence-electron chi connectivity index (χ4n) is 2.63. The molecule has 2 heteroatoms. The van der Waals surface area contributed by atoms with Gasteiger partial charge in [-0.15, -0.1) is 0 Å². The van der Waals surface area contributed by atoms with Crippen LogP contribution in [0.25, 0.3) is 0 Å². The molecule has 0 spiro atoms. The van der Waals surface area contributed by atoms with Gasteiger partial charge in [0.25, 0.3) is 0 Å². The highest BCUT2D eigenvalue weighted by atomic mass is 15.2. The Balaban J connectivity index is 1.92. The van der Waals surface area contributed by atoms with Crippen molar-refractivity contribution in [3.05, 3.63) is 34.9 Å². The normalized spacial score (nSPS) is 21.7. The zero-order valence-corrected chi connectivity index (χ0v) is 11.3. The van der Waals surface area contributed by atoms with E-state index >= 15 is 0 Å². The standard InChI is InChI=1S/C15H24N2/c1-12-4-5-14(13(2)10-12)6-7-15-11-16-8-9-17(15)3/h4-5,10,15-16H,6-9,11H2,1-3H3. The van der Waals surface area contributed by atoms with Crippen molar-refractivity contribution in [2.45, 2.75) is 32.7 Å². The predicted molar refractivity (Wildman–Crippen MR) is 73.5 cm³/mol. The third-order valence-corrected chi connectivity index (χ3v) is 3.89. The van der Waals surface area contributed by atoms with Crippen LogP contribution in [-0.2, 0) is 6.42 Å². The van der Waals surface area contributed by atoms with E-state index in [1.165, 1.54) is 36.1 Å². The largest absolute Gasteiger partial charge is 0.314 e. The van der Waals surface area contributed by atoms with Gasteiger partial charge in [0, 0.05) is 25.7 Å². The van der Waals surface area contributed by atoms with Crippen molar-refractivity contribution in [3.63, 3.8) is 0 Å². The number of nitrogens with one attached hydrogen (secondary N) is 1. The maximum Gasteiger partial charge on any atom is 0.0221 e. The lowest BCUT2D eigenvalue weighted by Crippen LogP contribution is -2.49. The van der Waals surface area contributed by atoms with E-state index in [1.54, 1.807) is 0 Å². The van der Waals surface area contributed by atoms with Gasteiger partial charge in [0.05, 0.1) is 0 Å². The molecule has 0 bridgehead atoms. The highest BCUT2D eigenvalue weighted by Crippen LogP contribution is 2.15. The lowest BCUT2D eigenvalue weighted by Gasteiger charge is -2.33. The smallest absolute Gasteiger partial charge is 0.0221 e. The molecule has 1 N–H and O–H groups in total. The molecule has 0 aromatic heterocycles. The van der Waals surface area contributed by atoms with E-state index in [2.05, 4.69) is 49.3 Å². The van der Waals surface area contributed by atoms with Crippen LogP contribution in [0.5, 0.6) is 0 Å². The maximum atomic E-state index is 3.48. The zero-order valence-electron chi connectivity index (χ0n) is 11.3. The van der Waals surface area contributed by atoms with Crippen molar-refractivity contribution < 1.29 is 0 Å². The van der Waals surface area contributed by atoms with Crippen LogP contribution in [-0.4, -0.2) is 37.6 Å². The Morgan fingerprint density at radius 3 is 2.88 bits per heavy atom. The van der Waals surface area contributed by atoms with Crippen LogP contribution < -0.4 is 5.32 Å². The molecule has 1 aromatic rings. The number of hydrogen-bond donors (Lipinski definition) is 1. The molecule has 1 saturated heterocycles. The van der Waals surface area contributed by atoms with E-state index in [9.17, 15) is 0 Å². The molecule has 0 aliphatic carbocycles. The van der Waals surface area contributed by atoms with E-state index in [1.807, 2.05) is 0 Å². The highest BCUT2D eigenvalue weighted by Gasteiger charge is 2.18. The molecule has 1 heterocycles. The van der Waals surface area contributed by atoms with Crippen LogP contribution in [0, 0.1) is 13.8 Å². The summed E-state index contributed by atoms with van der Waals surface area (Å²) in [5.74, 6) is 0. The van der Waals surface area contributed by atoms with E-state index in [4.69, 9.17) is 0 Å². The first kappa shape index (κ1) is 12.6. The fraction of sp³-hybridized carbons (Fsp3) is 0.600. The summed E-state index contributed by atoms with van der Waals surface area (Å²) >= 11 is 0. The third-order valence-electron chi connectivity index (χ3n) is 3.89. The molecule has 94 valence electrons. The molecule has 1 aromatic carbocycles. The SMILES string of the molecule is Cc1ccc(CCC2CNCCN2C)c(C)c1. The van der Waals surface area contributed by atoms with Gasteiger partial charge in [0.15, 0.2) is 0 Å². The molecule has 0 radical (unpaired) electrons. The molecule has 0 amide bonds. The van der Waals surface area contributed by atoms with Crippen molar-refractivity contribution in [3.8, 4) is 0 Å². The Kier molecular flexibility index (Phi) is 4.19. The molecular weight excluding hydrogens is 208 g/mol. The third kappa shape index (κ3) is 3.30. The number of hydrogen-bond acceptors (Lipinski definition) is 2. The van der Waals surface area contributed by atoms with Crippen LogP contribution in [0.2, 0.25) is 0 Å². The molecule has 2 rings (SSSR count). The molecular formula is C15H24N2. The van der Waals surface area contributed by atoms with Crippen molar-refractivity contribution in [1.82, 2.24) is 10.2 Å². The van der Waals surface area contributed by atoms with Gasteiger partial charge >= 0.3 is 0 Å². The number of piperazine rings is 1. The monoisotopic (exact) mass is 232 g/mol. The van der Waals surface area contributed by atoms with Gasteiger partial charge in [-0.05, 0) is 44.9 Å². The van der Waals surface area contributed by atoms with Crippen LogP contribution >= 0.6 is 0 Å². The second-order valence-corrected chi connectivity index (χ2v) is 5.31. The predicted octanol–water partition coefficient (Wildman–Crippen LogP) is 2.14. The summed E-state index contributed by atoms with van der Waals surface area (Å²) in [7, 11) is 2.24. The molecule has 17 heavy (non-hydrogen) atoms. The van der Waals surface area contributed by atoms with E-state index in [-0.39, 0.29) is 0 Å². The van der Waals surface area contributed by atoms with Crippen LogP contribution in [0.4, 0.5) is 0 Å². The Hall–Kier alpha value is -0.860. The number of nitrogens with zero attached hydrogens (tertiary/aromatic N) is 1. The summed E-state index contributed by atoms with van der Waals surface area (Å²) in [6, 6.07) is 7.51. The first-order valence-electron chi connectivity index (χ1n) is 6.64. The number of benzene rings is 1. The number of likely N-dealkylation sites (N-methyl/N-ethyl adjacent to an activating group) is 1. The second-order valence-electron chi connectivity index (χ2n) is 5.31. The Labute approximate surface area is 105 Å². The van der Waals surface area contributed by atoms with Gasteiger partial charge in [-0.3, -0.25) is 0 Å². The number of rotatable bonds is 3. The highest BCUT2D eigenvalue weighted by molar-refractivity contribution is 5.30.